The van der Waals surface area contributed by atoms with Crippen molar-refractivity contribution >= 4 is 44.9 Å². The van der Waals surface area contributed by atoms with Gasteiger partial charge in [-0.1, -0.05) is 41.9 Å². The lowest BCUT2D eigenvalue weighted by Gasteiger charge is -2.28. The van der Waals surface area contributed by atoms with Gasteiger partial charge in [-0.3, -0.25) is 0 Å². The average Bonchev–Trinajstić information content (AvgIpc) is 2.67. The monoisotopic (exact) mass is 446 g/mol. The van der Waals surface area contributed by atoms with Crippen LogP contribution in [-0.2, 0) is 16.4 Å². The Bertz CT molecular complexity index is 1170. The van der Waals surface area contributed by atoms with Gasteiger partial charge in [0.1, 0.15) is 0 Å². The molecule has 1 atom stereocenters. The number of nitrogen functional groups attached to an aromatic ring is 1. The van der Waals surface area contributed by atoms with E-state index in [9.17, 15) is 8.42 Å². The SMILES string of the molecule is Nc1ccc(S(N)(=O)=O)c(-c2cc3c(cc2Cl)NC(Cc2ccccc2)NS3)c1. The van der Waals surface area contributed by atoms with Gasteiger partial charge in [0, 0.05) is 28.1 Å². The first-order valence-corrected chi connectivity index (χ1v) is 11.5. The number of hydrogen-bond acceptors (Lipinski definition) is 6. The summed E-state index contributed by atoms with van der Waals surface area (Å²) in [6.07, 6.45) is 0.835. The zero-order valence-electron chi connectivity index (χ0n) is 15.2. The smallest absolute Gasteiger partial charge is 0.238 e. The first-order chi connectivity index (χ1) is 13.8. The van der Waals surface area contributed by atoms with Crippen LogP contribution < -0.4 is 20.9 Å². The Morgan fingerprint density at radius 2 is 1.79 bits per heavy atom. The third-order valence-electron chi connectivity index (χ3n) is 4.59. The fraction of sp³-hybridized carbons (Fsp3) is 0.100. The van der Waals surface area contributed by atoms with Gasteiger partial charge in [0.25, 0.3) is 0 Å². The van der Waals surface area contributed by atoms with Gasteiger partial charge in [-0.15, -0.1) is 0 Å². The minimum atomic E-state index is -3.93. The molecule has 4 rings (SSSR count). The third kappa shape index (κ3) is 4.36. The molecular formula is C20H19ClN4O2S2. The molecule has 0 aliphatic carbocycles. The van der Waals surface area contributed by atoms with Crippen molar-refractivity contribution in [3.8, 4) is 11.1 Å². The van der Waals surface area contributed by atoms with Crippen molar-refractivity contribution in [1.82, 2.24) is 4.72 Å². The minimum absolute atomic E-state index is 0.0165. The normalized spacial score (nSPS) is 16.1. The molecule has 29 heavy (non-hydrogen) atoms. The molecule has 150 valence electrons. The Kier molecular flexibility index (Phi) is 5.46. The number of nitrogens with one attached hydrogen (secondary N) is 2. The van der Waals surface area contributed by atoms with E-state index in [1.165, 1.54) is 29.6 Å². The standard InChI is InChI=1S/C20H19ClN4O2S2/c21-16-11-17-18(28-25-20(24-17)8-12-4-2-1-3-5-12)10-14(16)15-9-13(22)6-7-19(15)29(23,26)27/h1-7,9-11,20,24-25H,8,22H2,(H2,23,26,27). The third-order valence-corrected chi connectivity index (χ3v) is 6.83. The van der Waals surface area contributed by atoms with E-state index in [2.05, 4.69) is 22.2 Å². The average molecular weight is 447 g/mol. The van der Waals surface area contributed by atoms with Gasteiger partial charge in [-0.25, -0.2) is 18.3 Å². The second kappa shape index (κ2) is 7.89. The number of anilines is 2. The molecule has 6 N–H and O–H groups in total. The van der Waals surface area contributed by atoms with Gasteiger partial charge >= 0.3 is 0 Å². The van der Waals surface area contributed by atoms with E-state index in [1.807, 2.05) is 24.3 Å². The van der Waals surface area contributed by atoms with E-state index in [0.29, 0.717) is 21.8 Å². The van der Waals surface area contributed by atoms with Gasteiger partial charge in [0.05, 0.1) is 21.8 Å². The maximum atomic E-state index is 12.0. The largest absolute Gasteiger partial charge is 0.399 e. The van der Waals surface area contributed by atoms with E-state index in [4.69, 9.17) is 22.5 Å². The first kappa shape index (κ1) is 20.1. The molecule has 1 heterocycles. The summed E-state index contributed by atoms with van der Waals surface area (Å²) < 4.78 is 27.4. The van der Waals surface area contributed by atoms with Crippen LogP contribution in [0.5, 0.6) is 0 Å². The predicted molar refractivity (Wildman–Crippen MR) is 119 cm³/mol. The van der Waals surface area contributed by atoms with Gasteiger partial charge in [-0.2, -0.15) is 0 Å². The maximum absolute atomic E-state index is 12.0. The summed E-state index contributed by atoms with van der Waals surface area (Å²) in [5.74, 6) is 0. The van der Waals surface area contributed by atoms with Crippen molar-refractivity contribution < 1.29 is 8.42 Å². The number of hydrogen-bond donors (Lipinski definition) is 4. The number of sulfonamides is 1. The number of nitrogens with two attached hydrogens (primary N) is 2. The van der Waals surface area contributed by atoms with Crippen molar-refractivity contribution in [2.45, 2.75) is 22.4 Å². The molecule has 1 aliphatic rings. The number of primary sulfonamides is 1. The molecule has 1 unspecified atom stereocenters. The van der Waals surface area contributed by atoms with Crippen LogP contribution in [0.25, 0.3) is 11.1 Å². The first-order valence-electron chi connectivity index (χ1n) is 8.80. The molecule has 0 bridgehead atoms. The second-order valence-electron chi connectivity index (χ2n) is 6.74. The molecule has 0 fully saturated rings. The highest BCUT2D eigenvalue weighted by molar-refractivity contribution is 7.97. The minimum Gasteiger partial charge on any atom is -0.399 e. The molecule has 0 amide bonds. The molecule has 9 heteroatoms. The second-order valence-corrected chi connectivity index (χ2v) is 9.55. The molecule has 3 aromatic rings. The molecule has 1 aliphatic heterocycles. The maximum Gasteiger partial charge on any atom is 0.238 e. The quantitative estimate of drug-likeness (QED) is 0.358. The topological polar surface area (TPSA) is 110 Å². The van der Waals surface area contributed by atoms with Crippen molar-refractivity contribution in [1.29, 1.82) is 0 Å². The van der Waals surface area contributed by atoms with Crippen LogP contribution in [0.3, 0.4) is 0 Å². The molecule has 0 saturated heterocycles. The highest BCUT2D eigenvalue weighted by Crippen LogP contribution is 2.41. The Morgan fingerprint density at radius 3 is 2.52 bits per heavy atom. The fourth-order valence-electron chi connectivity index (χ4n) is 3.26. The summed E-state index contributed by atoms with van der Waals surface area (Å²) >= 11 is 8.00. The summed E-state index contributed by atoms with van der Waals surface area (Å²) in [7, 11) is -3.93. The van der Waals surface area contributed by atoms with E-state index < -0.39 is 10.0 Å². The van der Waals surface area contributed by atoms with Crippen LogP contribution in [0.4, 0.5) is 11.4 Å². The van der Waals surface area contributed by atoms with E-state index >= 15 is 0 Å². The van der Waals surface area contributed by atoms with Crippen LogP contribution in [0, 0.1) is 0 Å². The van der Waals surface area contributed by atoms with Crippen molar-refractivity contribution in [2.24, 2.45) is 5.14 Å². The van der Waals surface area contributed by atoms with Gasteiger partial charge in [0.2, 0.25) is 10.0 Å². The predicted octanol–water partition coefficient (Wildman–Crippen LogP) is 3.83. The van der Waals surface area contributed by atoms with E-state index in [-0.39, 0.29) is 11.1 Å². The Hall–Kier alpha value is -2.23. The fourth-order valence-corrected chi connectivity index (χ4v) is 5.07. The highest BCUT2D eigenvalue weighted by Gasteiger charge is 2.23. The van der Waals surface area contributed by atoms with Gasteiger partial charge < -0.3 is 11.1 Å². The van der Waals surface area contributed by atoms with Gasteiger partial charge in [0.15, 0.2) is 0 Å². The summed E-state index contributed by atoms with van der Waals surface area (Å²) in [5, 5.41) is 9.23. The highest BCUT2D eigenvalue weighted by atomic mass is 35.5. The van der Waals surface area contributed by atoms with Crippen molar-refractivity contribution in [2.75, 3.05) is 11.1 Å². The zero-order chi connectivity index (χ0) is 20.6. The Morgan fingerprint density at radius 1 is 1.03 bits per heavy atom. The lowest BCUT2D eigenvalue weighted by molar-refractivity contribution is 0.598. The summed E-state index contributed by atoms with van der Waals surface area (Å²) in [6.45, 7) is 0. The molecule has 6 nitrogen and oxygen atoms in total. The van der Waals surface area contributed by atoms with Crippen molar-refractivity contribution in [3.63, 3.8) is 0 Å². The van der Waals surface area contributed by atoms with E-state index in [1.54, 1.807) is 12.1 Å². The Labute approximate surface area is 178 Å². The number of halogens is 1. The van der Waals surface area contributed by atoms with Crippen molar-refractivity contribution in [3.05, 3.63) is 71.2 Å². The summed E-state index contributed by atoms with van der Waals surface area (Å²) in [5.41, 5.74) is 9.33. The lowest BCUT2D eigenvalue weighted by Crippen LogP contribution is -2.36. The molecule has 0 spiro atoms. The lowest BCUT2D eigenvalue weighted by atomic mass is 10.0. The van der Waals surface area contributed by atoms with Crippen LogP contribution in [0.15, 0.2) is 70.5 Å². The Balaban J connectivity index is 1.68. The zero-order valence-corrected chi connectivity index (χ0v) is 17.6. The van der Waals surface area contributed by atoms with Crippen LogP contribution in [0.1, 0.15) is 5.56 Å². The molecular weight excluding hydrogens is 428 g/mol. The van der Waals surface area contributed by atoms with Crippen LogP contribution >= 0.6 is 23.5 Å². The number of fused-ring (bicyclic) bond motifs is 1. The van der Waals surface area contributed by atoms with Crippen LogP contribution in [-0.4, -0.2) is 14.6 Å². The molecule has 0 aromatic heterocycles. The summed E-state index contributed by atoms with van der Waals surface area (Å²) in [4.78, 5) is 0.883. The van der Waals surface area contributed by atoms with Gasteiger partial charge in [-0.05, 0) is 47.8 Å². The molecule has 0 saturated carbocycles. The molecule has 0 radical (unpaired) electrons. The number of rotatable bonds is 4. The molecule has 3 aromatic carbocycles. The van der Waals surface area contributed by atoms with Crippen LogP contribution in [0.2, 0.25) is 5.02 Å². The van der Waals surface area contributed by atoms with E-state index in [0.717, 1.165) is 17.0 Å². The number of benzene rings is 3. The summed E-state index contributed by atoms with van der Waals surface area (Å²) in [6, 6.07) is 18.3.